The minimum Gasteiger partial charge on any atom is -0.339 e. The average Bonchev–Trinajstić information content (AvgIpc) is 2.67. The highest BCUT2D eigenvalue weighted by molar-refractivity contribution is 5.95. The van der Waals surface area contributed by atoms with Gasteiger partial charge >= 0.3 is 6.18 Å². The van der Waals surface area contributed by atoms with Crippen LogP contribution in [0.2, 0.25) is 0 Å². The fraction of sp³-hybridized carbons (Fsp3) is 0.300. The summed E-state index contributed by atoms with van der Waals surface area (Å²) in [5.74, 6) is -1.85. The highest BCUT2D eigenvalue weighted by Gasteiger charge is 2.34. The number of halogens is 4. The fourth-order valence-corrected chi connectivity index (χ4v) is 3.22. The van der Waals surface area contributed by atoms with Gasteiger partial charge in [-0.05, 0) is 43.2 Å². The first-order chi connectivity index (χ1) is 13.3. The number of carbonyl (C=O) groups excluding carboxylic acids is 2. The Kier molecular flexibility index (Phi) is 5.67. The van der Waals surface area contributed by atoms with Crippen molar-refractivity contribution in [1.29, 1.82) is 0 Å². The smallest absolute Gasteiger partial charge is 0.339 e. The van der Waals surface area contributed by atoms with E-state index < -0.39 is 29.4 Å². The number of amides is 2. The van der Waals surface area contributed by atoms with Gasteiger partial charge in [0, 0.05) is 24.6 Å². The minimum atomic E-state index is -4.56. The van der Waals surface area contributed by atoms with E-state index in [1.165, 1.54) is 41.3 Å². The van der Waals surface area contributed by atoms with E-state index in [9.17, 15) is 27.2 Å². The molecule has 1 aliphatic rings. The number of benzene rings is 2. The Labute approximate surface area is 159 Å². The van der Waals surface area contributed by atoms with E-state index in [-0.39, 0.29) is 30.2 Å². The lowest BCUT2D eigenvalue weighted by atomic mass is 9.95. The number of carbonyl (C=O) groups is 2. The quantitative estimate of drug-likeness (QED) is 0.788. The van der Waals surface area contributed by atoms with Crippen molar-refractivity contribution in [1.82, 2.24) is 4.90 Å². The van der Waals surface area contributed by atoms with E-state index >= 15 is 0 Å². The van der Waals surface area contributed by atoms with Crippen LogP contribution in [-0.4, -0.2) is 29.8 Å². The molecule has 1 heterocycles. The van der Waals surface area contributed by atoms with Crippen molar-refractivity contribution in [3.8, 4) is 0 Å². The fourth-order valence-electron chi connectivity index (χ4n) is 3.22. The molecule has 4 nitrogen and oxygen atoms in total. The number of para-hydroxylation sites is 1. The maximum absolute atomic E-state index is 13.3. The van der Waals surface area contributed by atoms with Crippen LogP contribution in [0.1, 0.15) is 28.8 Å². The maximum Gasteiger partial charge on any atom is 0.418 e. The zero-order chi connectivity index (χ0) is 20.3. The first-order valence-corrected chi connectivity index (χ1v) is 8.77. The summed E-state index contributed by atoms with van der Waals surface area (Å²) in [7, 11) is 0. The maximum atomic E-state index is 13.3. The summed E-state index contributed by atoms with van der Waals surface area (Å²) in [5.41, 5.74) is -0.956. The third kappa shape index (κ3) is 4.49. The van der Waals surface area contributed by atoms with Gasteiger partial charge in [-0.3, -0.25) is 9.59 Å². The van der Waals surface area contributed by atoms with Crippen LogP contribution in [0.3, 0.4) is 0 Å². The summed E-state index contributed by atoms with van der Waals surface area (Å²) in [4.78, 5) is 26.3. The van der Waals surface area contributed by atoms with Gasteiger partial charge in [-0.15, -0.1) is 0 Å². The highest BCUT2D eigenvalue weighted by atomic mass is 19.4. The van der Waals surface area contributed by atoms with E-state index in [0.717, 1.165) is 12.1 Å². The molecule has 2 aromatic carbocycles. The molecule has 28 heavy (non-hydrogen) atoms. The van der Waals surface area contributed by atoms with Crippen LogP contribution in [0.4, 0.5) is 23.2 Å². The molecular formula is C20H18F4N2O2. The second-order valence-corrected chi connectivity index (χ2v) is 6.61. The normalized spacial score (nSPS) is 15.4. The number of alkyl halides is 3. The molecule has 0 unspecified atom stereocenters. The topological polar surface area (TPSA) is 49.4 Å². The Morgan fingerprint density at radius 1 is 1.00 bits per heavy atom. The van der Waals surface area contributed by atoms with Gasteiger partial charge in [0.1, 0.15) is 5.82 Å². The van der Waals surface area contributed by atoms with E-state index in [4.69, 9.17) is 0 Å². The van der Waals surface area contributed by atoms with Crippen LogP contribution in [0, 0.1) is 11.7 Å². The Balaban J connectivity index is 1.61. The van der Waals surface area contributed by atoms with Gasteiger partial charge in [-0.1, -0.05) is 18.2 Å². The van der Waals surface area contributed by atoms with Gasteiger partial charge in [-0.25, -0.2) is 4.39 Å². The van der Waals surface area contributed by atoms with Gasteiger partial charge in [0.15, 0.2) is 0 Å². The predicted octanol–water partition coefficient (Wildman–Crippen LogP) is 4.34. The van der Waals surface area contributed by atoms with Gasteiger partial charge in [0.05, 0.1) is 11.3 Å². The molecular weight excluding hydrogens is 376 g/mol. The van der Waals surface area contributed by atoms with Gasteiger partial charge in [0.2, 0.25) is 5.91 Å². The molecule has 1 saturated heterocycles. The third-order valence-electron chi connectivity index (χ3n) is 4.71. The molecule has 2 aromatic rings. The molecule has 0 saturated carbocycles. The summed E-state index contributed by atoms with van der Waals surface area (Å²) in [6.07, 6.45) is -3.92. The van der Waals surface area contributed by atoms with Crippen LogP contribution >= 0.6 is 0 Å². The molecule has 8 heteroatoms. The number of nitrogens with one attached hydrogen (secondary N) is 1. The zero-order valence-electron chi connectivity index (χ0n) is 14.8. The Hall–Kier alpha value is -2.90. The molecule has 1 N–H and O–H groups in total. The molecule has 148 valence electrons. The predicted molar refractivity (Wildman–Crippen MR) is 95.1 cm³/mol. The summed E-state index contributed by atoms with van der Waals surface area (Å²) >= 11 is 0. The van der Waals surface area contributed by atoms with Crippen molar-refractivity contribution in [2.75, 3.05) is 18.4 Å². The lowest BCUT2D eigenvalue weighted by Gasteiger charge is -2.31. The molecule has 0 aromatic heterocycles. The number of hydrogen-bond donors (Lipinski definition) is 1. The van der Waals surface area contributed by atoms with Crippen LogP contribution in [0.15, 0.2) is 48.5 Å². The van der Waals surface area contributed by atoms with Crippen molar-refractivity contribution in [2.24, 2.45) is 5.92 Å². The van der Waals surface area contributed by atoms with Crippen LogP contribution in [0.5, 0.6) is 0 Å². The van der Waals surface area contributed by atoms with Crippen molar-refractivity contribution < 1.29 is 27.2 Å². The second-order valence-electron chi connectivity index (χ2n) is 6.61. The van der Waals surface area contributed by atoms with Crippen LogP contribution < -0.4 is 5.32 Å². The standard InChI is InChI=1S/C20H18F4N2O2/c21-15-5-3-4-14(12-15)19(28)26-10-8-13(9-11-26)18(27)25-17-7-2-1-6-16(17)20(22,23)24/h1-7,12-13H,8-11H2,(H,25,27). The van der Waals surface area contributed by atoms with E-state index in [0.29, 0.717) is 12.8 Å². The van der Waals surface area contributed by atoms with Crippen LogP contribution in [0.25, 0.3) is 0 Å². The van der Waals surface area contributed by atoms with Gasteiger partial charge in [-0.2, -0.15) is 13.2 Å². The number of anilines is 1. The monoisotopic (exact) mass is 394 g/mol. The Bertz CT molecular complexity index is 875. The number of nitrogens with zero attached hydrogens (tertiary/aromatic N) is 1. The van der Waals surface area contributed by atoms with Crippen molar-refractivity contribution in [2.45, 2.75) is 19.0 Å². The van der Waals surface area contributed by atoms with Crippen molar-refractivity contribution in [3.63, 3.8) is 0 Å². The molecule has 0 atom stereocenters. The molecule has 1 aliphatic heterocycles. The Morgan fingerprint density at radius 3 is 2.32 bits per heavy atom. The first kappa shape index (κ1) is 19.9. The van der Waals surface area contributed by atoms with E-state index in [1.54, 1.807) is 0 Å². The Morgan fingerprint density at radius 2 is 1.68 bits per heavy atom. The largest absolute Gasteiger partial charge is 0.418 e. The molecule has 0 radical (unpaired) electrons. The number of rotatable bonds is 3. The molecule has 2 amide bonds. The number of hydrogen-bond acceptors (Lipinski definition) is 2. The SMILES string of the molecule is O=C(Nc1ccccc1C(F)(F)F)C1CCN(C(=O)c2cccc(F)c2)CC1. The molecule has 0 spiro atoms. The van der Waals surface area contributed by atoms with Gasteiger partial charge < -0.3 is 10.2 Å². The summed E-state index contributed by atoms with van der Waals surface area (Å²) in [5, 5.41) is 2.36. The third-order valence-corrected chi connectivity index (χ3v) is 4.71. The van der Waals surface area contributed by atoms with E-state index in [1.807, 2.05) is 0 Å². The van der Waals surface area contributed by atoms with Crippen LogP contribution in [-0.2, 0) is 11.0 Å². The molecule has 0 bridgehead atoms. The average molecular weight is 394 g/mol. The second kappa shape index (κ2) is 8.00. The van der Waals surface area contributed by atoms with Crippen molar-refractivity contribution >= 4 is 17.5 Å². The molecule has 3 rings (SSSR count). The number of piperidine rings is 1. The van der Waals surface area contributed by atoms with Crippen molar-refractivity contribution in [3.05, 3.63) is 65.5 Å². The summed E-state index contributed by atoms with van der Waals surface area (Å²) in [6, 6.07) is 10.2. The minimum absolute atomic E-state index is 0.224. The zero-order valence-corrected chi connectivity index (χ0v) is 14.8. The molecule has 0 aliphatic carbocycles. The lowest BCUT2D eigenvalue weighted by molar-refractivity contribution is -0.137. The summed E-state index contributed by atoms with van der Waals surface area (Å²) < 4.78 is 52.4. The van der Waals surface area contributed by atoms with E-state index in [2.05, 4.69) is 5.32 Å². The first-order valence-electron chi connectivity index (χ1n) is 8.77. The molecule has 1 fully saturated rings. The summed E-state index contributed by atoms with van der Waals surface area (Å²) in [6.45, 7) is 0.544. The lowest BCUT2D eigenvalue weighted by Crippen LogP contribution is -2.41. The highest BCUT2D eigenvalue weighted by Crippen LogP contribution is 2.35. The van der Waals surface area contributed by atoms with Gasteiger partial charge in [0.25, 0.3) is 5.91 Å². The number of likely N-dealkylation sites (tertiary alicyclic amines) is 1.